The lowest BCUT2D eigenvalue weighted by Gasteiger charge is -2.30. The molecule has 0 aliphatic heterocycles. The van der Waals surface area contributed by atoms with Crippen LogP contribution in [0.4, 0.5) is 0 Å². The average Bonchev–Trinajstić information content (AvgIpc) is 2.56. The van der Waals surface area contributed by atoms with E-state index in [-0.39, 0.29) is 0 Å². The fourth-order valence-electron chi connectivity index (χ4n) is 3.03. The predicted octanol–water partition coefficient (Wildman–Crippen LogP) is 5.51. The molecular formula is C20H27N. The standard InChI is InChI=1S/C20H27N/c1-4-17(5-2)20(19-14-10-7-11-15-19)21-16(3)18-12-8-6-9-13-18/h6-17,20-21H,4-5H2,1-3H3. The molecule has 21 heavy (non-hydrogen) atoms. The van der Waals surface area contributed by atoms with Crippen LogP contribution in [0, 0.1) is 5.92 Å². The van der Waals surface area contributed by atoms with Crippen molar-refractivity contribution < 1.29 is 0 Å². The van der Waals surface area contributed by atoms with Crippen LogP contribution in [-0.2, 0) is 0 Å². The summed E-state index contributed by atoms with van der Waals surface area (Å²) in [5, 5.41) is 3.85. The molecule has 0 saturated heterocycles. The topological polar surface area (TPSA) is 12.0 Å². The zero-order valence-corrected chi connectivity index (χ0v) is 13.4. The molecule has 0 spiro atoms. The summed E-state index contributed by atoms with van der Waals surface area (Å²) < 4.78 is 0. The molecule has 0 fully saturated rings. The zero-order valence-electron chi connectivity index (χ0n) is 13.4. The number of hydrogen-bond donors (Lipinski definition) is 1. The third kappa shape index (κ3) is 4.18. The molecule has 0 bridgehead atoms. The number of hydrogen-bond acceptors (Lipinski definition) is 1. The maximum absolute atomic E-state index is 3.85. The van der Waals surface area contributed by atoms with E-state index in [9.17, 15) is 0 Å². The summed E-state index contributed by atoms with van der Waals surface area (Å²) in [4.78, 5) is 0. The van der Waals surface area contributed by atoms with E-state index in [2.05, 4.69) is 86.8 Å². The second-order valence-electron chi connectivity index (χ2n) is 5.76. The van der Waals surface area contributed by atoms with Crippen LogP contribution in [0.3, 0.4) is 0 Å². The van der Waals surface area contributed by atoms with Crippen LogP contribution < -0.4 is 5.32 Å². The van der Waals surface area contributed by atoms with Crippen molar-refractivity contribution in [3.8, 4) is 0 Å². The fraction of sp³-hybridized carbons (Fsp3) is 0.400. The van der Waals surface area contributed by atoms with Gasteiger partial charge in [-0.1, -0.05) is 87.4 Å². The molecule has 2 aromatic rings. The van der Waals surface area contributed by atoms with Crippen LogP contribution in [0.5, 0.6) is 0 Å². The van der Waals surface area contributed by atoms with Crippen molar-refractivity contribution >= 4 is 0 Å². The van der Waals surface area contributed by atoms with Gasteiger partial charge in [-0.2, -0.15) is 0 Å². The summed E-state index contributed by atoms with van der Waals surface area (Å²) in [5.74, 6) is 0.665. The van der Waals surface area contributed by atoms with Crippen LogP contribution in [0.1, 0.15) is 56.8 Å². The summed E-state index contributed by atoms with van der Waals surface area (Å²) in [7, 11) is 0. The van der Waals surface area contributed by atoms with Crippen molar-refractivity contribution in [1.82, 2.24) is 5.32 Å². The molecule has 0 aliphatic rings. The number of rotatable bonds is 7. The Morgan fingerprint density at radius 1 is 0.762 bits per heavy atom. The van der Waals surface area contributed by atoms with Gasteiger partial charge in [0.1, 0.15) is 0 Å². The van der Waals surface area contributed by atoms with Gasteiger partial charge in [-0.05, 0) is 24.0 Å². The lowest BCUT2D eigenvalue weighted by molar-refractivity contribution is 0.316. The normalized spacial score (nSPS) is 14.1. The van der Waals surface area contributed by atoms with Gasteiger partial charge in [0.2, 0.25) is 0 Å². The second kappa shape index (κ2) is 7.99. The monoisotopic (exact) mass is 281 g/mol. The Bertz CT molecular complexity index is 502. The van der Waals surface area contributed by atoms with Crippen LogP contribution >= 0.6 is 0 Å². The predicted molar refractivity (Wildman–Crippen MR) is 91.2 cm³/mol. The molecule has 0 saturated carbocycles. The molecule has 1 heteroatoms. The van der Waals surface area contributed by atoms with Gasteiger partial charge in [0, 0.05) is 12.1 Å². The minimum absolute atomic E-state index is 0.358. The Labute approximate surface area is 129 Å². The minimum Gasteiger partial charge on any atom is -0.303 e. The van der Waals surface area contributed by atoms with Gasteiger partial charge in [0.05, 0.1) is 0 Å². The quantitative estimate of drug-likeness (QED) is 0.705. The van der Waals surface area contributed by atoms with E-state index < -0.39 is 0 Å². The van der Waals surface area contributed by atoms with Gasteiger partial charge in [0.25, 0.3) is 0 Å². The van der Waals surface area contributed by atoms with Gasteiger partial charge in [-0.3, -0.25) is 0 Å². The molecule has 112 valence electrons. The fourth-order valence-corrected chi connectivity index (χ4v) is 3.03. The van der Waals surface area contributed by atoms with Crippen molar-refractivity contribution in [2.45, 2.75) is 45.7 Å². The van der Waals surface area contributed by atoms with Gasteiger partial charge >= 0.3 is 0 Å². The molecule has 0 aliphatic carbocycles. The molecule has 0 aromatic heterocycles. The van der Waals surface area contributed by atoms with Gasteiger partial charge in [0.15, 0.2) is 0 Å². The minimum atomic E-state index is 0.358. The Morgan fingerprint density at radius 3 is 1.71 bits per heavy atom. The lowest BCUT2D eigenvalue weighted by Crippen LogP contribution is -2.30. The molecule has 0 heterocycles. The molecule has 2 atom stereocenters. The van der Waals surface area contributed by atoms with E-state index >= 15 is 0 Å². The molecule has 2 aromatic carbocycles. The summed E-state index contributed by atoms with van der Waals surface area (Å²) in [6.07, 6.45) is 2.40. The van der Waals surface area contributed by atoms with E-state index in [4.69, 9.17) is 0 Å². The Balaban J connectivity index is 2.20. The molecule has 2 rings (SSSR count). The largest absolute Gasteiger partial charge is 0.303 e. The van der Waals surface area contributed by atoms with Crippen molar-refractivity contribution in [3.63, 3.8) is 0 Å². The maximum atomic E-state index is 3.85. The van der Waals surface area contributed by atoms with E-state index in [1.54, 1.807) is 0 Å². The number of nitrogens with one attached hydrogen (secondary N) is 1. The highest BCUT2D eigenvalue weighted by molar-refractivity contribution is 5.22. The van der Waals surface area contributed by atoms with Gasteiger partial charge < -0.3 is 5.32 Å². The first-order valence-corrected chi connectivity index (χ1v) is 8.12. The highest BCUT2D eigenvalue weighted by Gasteiger charge is 2.22. The third-order valence-corrected chi connectivity index (χ3v) is 4.41. The number of benzene rings is 2. The zero-order chi connectivity index (χ0) is 15.1. The lowest BCUT2D eigenvalue weighted by atomic mass is 9.88. The molecule has 1 nitrogen and oxygen atoms in total. The smallest absolute Gasteiger partial charge is 0.0353 e. The molecule has 2 unspecified atom stereocenters. The van der Waals surface area contributed by atoms with E-state index in [0.29, 0.717) is 18.0 Å². The van der Waals surface area contributed by atoms with Crippen molar-refractivity contribution in [1.29, 1.82) is 0 Å². The van der Waals surface area contributed by atoms with Crippen LogP contribution in [0.25, 0.3) is 0 Å². The average molecular weight is 281 g/mol. The van der Waals surface area contributed by atoms with E-state index in [1.807, 2.05) is 0 Å². The molecule has 0 radical (unpaired) electrons. The summed E-state index contributed by atoms with van der Waals surface area (Å²) in [6.45, 7) is 6.84. The highest BCUT2D eigenvalue weighted by Crippen LogP contribution is 2.30. The van der Waals surface area contributed by atoms with E-state index in [0.717, 1.165) is 0 Å². The Kier molecular flexibility index (Phi) is 6.01. The van der Waals surface area contributed by atoms with Crippen molar-refractivity contribution in [3.05, 3.63) is 71.8 Å². The molecule has 0 amide bonds. The van der Waals surface area contributed by atoms with Crippen molar-refractivity contribution in [2.24, 2.45) is 5.92 Å². The van der Waals surface area contributed by atoms with E-state index in [1.165, 1.54) is 24.0 Å². The summed E-state index contributed by atoms with van der Waals surface area (Å²) >= 11 is 0. The van der Waals surface area contributed by atoms with Crippen LogP contribution in [-0.4, -0.2) is 0 Å². The SMILES string of the molecule is CCC(CC)C(NC(C)c1ccccc1)c1ccccc1. The van der Waals surface area contributed by atoms with Crippen LogP contribution in [0.2, 0.25) is 0 Å². The third-order valence-electron chi connectivity index (χ3n) is 4.41. The first-order chi connectivity index (χ1) is 10.3. The van der Waals surface area contributed by atoms with Crippen molar-refractivity contribution in [2.75, 3.05) is 0 Å². The summed E-state index contributed by atoms with van der Waals surface area (Å²) in [5.41, 5.74) is 2.75. The Morgan fingerprint density at radius 2 is 1.24 bits per heavy atom. The maximum Gasteiger partial charge on any atom is 0.0353 e. The highest BCUT2D eigenvalue weighted by atomic mass is 15.0. The van der Waals surface area contributed by atoms with Gasteiger partial charge in [-0.15, -0.1) is 0 Å². The molecule has 1 N–H and O–H groups in total. The first-order valence-electron chi connectivity index (χ1n) is 8.12. The second-order valence-corrected chi connectivity index (χ2v) is 5.76. The van der Waals surface area contributed by atoms with Gasteiger partial charge in [-0.25, -0.2) is 0 Å². The molecular weight excluding hydrogens is 254 g/mol. The Hall–Kier alpha value is -1.60. The summed E-state index contributed by atoms with van der Waals surface area (Å²) in [6, 6.07) is 22.3. The van der Waals surface area contributed by atoms with Crippen LogP contribution in [0.15, 0.2) is 60.7 Å². The first kappa shape index (κ1) is 15.8.